The molecular formula is C24H30N2O3S. The van der Waals surface area contributed by atoms with Gasteiger partial charge in [-0.2, -0.15) is 4.31 Å². The number of amides is 1. The summed E-state index contributed by atoms with van der Waals surface area (Å²) in [5.74, 6) is 0.173. The van der Waals surface area contributed by atoms with Gasteiger partial charge in [-0.1, -0.05) is 48.9 Å². The lowest BCUT2D eigenvalue weighted by Crippen LogP contribution is -2.35. The lowest BCUT2D eigenvalue weighted by atomic mass is 10.1. The second-order valence-corrected chi connectivity index (χ2v) is 10.3. The Morgan fingerprint density at radius 3 is 2.20 bits per heavy atom. The van der Waals surface area contributed by atoms with Gasteiger partial charge in [0.2, 0.25) is 15.9 Å². The summed E-state index contributed by atoms with van der Waals surface area (Å²) in [6, 6.07) is 17.6. The summed E-state index contributed by atoms with van der Waals surface area (Å²) in [6.07, 6.45) is 6.20. The van der Waals surface area contributed by atoms with Gasteiger partial charge in [-0.25, -0.2) is 8.42 Å². The molecule has 2 aliphatic rings. The molecule has 2 aromatic carbocycles. The SMILES string of the molecule is O=C(CCc1ccc(S(=O)(=O)N2CCCCC2)cc1)N(Cc1ccccc1)C1CC1. The van der Waals surface area contributed by atoms with E-state index in [0.717, 1.165) is 43.2 Å². The molecule has 0 unspecified atom stereocenters. The summed E-state index contributed by atoms with van der Waals surface area (Å²) < 4.78 is 27.1. The van der Waals surface area contributed by atoms with Crippen LogP contribution >= 0.6 is 0 Å². The van der Waals surface area contributed by atoms with Crippen molar-refractivity contribution in [2.75, 3.05) is 13.1 Å². The van der Waals surface area contributed by atoms with Crippen molar-refractivity contribution in [3.8, 4) is 0 Å². The normalized spacial score (nSPS) is 17.6. The molecule has 1 saturated heterocycles. The van der Waals surface area contributed by atoms with Crippen molar-refractivity contribution in [2.45, 2.75) is 62.4 Å². The van der Waals surface area contributed by atoms with Crippen LogP contribution in [0.4, 0.5) is 0 Å². The Labute approximate surface area is 179 Å². The summed E-state index contributed by atoms with van der Waals surface area (Å²) in [6.45, 7) is 1.88. The van der Waals surface area contributed by atoms with Crippen LogP contribution in [0.2, 0.25) is 0 Å². The first-order valence-corrected chi connectivity index (χ1v) is 12.4. The van der Waals surface area contributed by atoms with Gasteiger partial charge in [0.15, 0.2) is 0 Å². The standard InChI is InChI=1S/C24H30N2O3S/c27-24(26(22-12-13-22)19-21-7-3-1-4-8-21)16-11-20-9-14-23(15-10-20)30(28,29)25-17-5-2-6-18-25/h1,3-4,7-10,14-15,22H,2,5-6,11-13,16-19H2. The van der Waals surface area contributed by atoms with E-state index in [-0.39, 0.29) is 5.91 Å². The number of carbonyl (C=O) groups excluding carboxylic acids is 1. The van der Waals surface area contributed by atoms with Crippen LogP contribution in [0.1, 0.15) is 49.7 Å². The first-order chi connectivity index (χ1) is 14.5. The van der Waals surface area contributed by atoms with E-state index in [1.165, 1.54) is 0 Å². The molecule has 5 nitrogen and oxygen atoms in total. The largest absolute Gasteiger partial charge is 0.335 e. The van der Waals surface area contributed by atoms with Crippen LogP contribution < -0.4 is 0 Å². The Morgan fingerprint density at radius 2 is 1.57 bits per heavy atom. The minimum atomic E-state index is -3.40. The molecule has 1 amide bonds. The van der Waals surface area contributed by atoms with Crippen LogP contribution in [0.15, 0.2) is 59.5 Å². The Bertz CT molecular complexity index is 948. The predicted octanol–water partition coefficient (Wildman–Crippen LogP) is 3.99. The van der Waals surface area contributed by atoms with E-state index < -0.39 is 10.0 Å². The highest BCUT2D eigenvalue weighted by Gasteiger charge is 2.32. The quantitative estimate of drug-likeness (QED) is 0.641. The maximum absolute atomic E-state index is 12.9. The number of carbonyl (C=O) groups is 1. The topological polar surface area (TPSA) is 57.7 Å². The zero-order valence-electron chi connectivity index (χ0n) is 17.4. The fraction of sp³-hybridized carbons (Fsp3) is 0.458. The Hall–Kier alpha value is -2.18. The molecule has 1 saturated carbocycles. The third-order valence-corrected chi connectivity index (χ3v) is 7.92. The molecule has 0 spiro atoms. The van der Waals surface area contributed by atoms with E-state index in [4.69, 9.17) is 0 Å². The van der Waals surface area contributed by atoms with Crippen molar-refractivity contribution in [1.29, 1.82) is 0 Å². The molecule has 0 N–H and O–H groups in total. The molecule has 0 aromatic heterocycles. The Morgan fingerprint density at radius 1 is 0.900 bits per heavy atom. The summed E-state index contributed by atoms with van der Waals surface area (Å²) in [5.41, 5.74) is 2.15. The number of nitrogens with zero attached hydrogens (tertiary/aromatic N) is 2. The highest BCUT2D eigenvalue weighted by molar-refractivity contribution is 7.89. The monoisotopic (exact) mass is 426 g/mol. The van der Waals surface area contributed by atoms with Crippen LogP contribution in [0, 0.1) is 0 Å². The summed E-state index contributed by atoms with van der Waals surface area (Å²) in [7, 11) is -3.40. The second-order valence-electron chi connectivity index (χ2n) is 8.35. The van der Waals surface area contributed by atoms with Gasteiger partial charge in [0.1, 0.15) is 0 Å². The van der Waals surface area contributed by atoms with Crippen molar-refractivity contribution >= 4 is 15.9 Å². The lowest BCUT2D eigenvalue weighted by molar-refractivity contribution is -0.132. The van der Waals surface area contributed by atoms with Crippen molar-refractivity contribution < 1.29 is 13.2 Å². The number of benzene rings is 2. The zero-order chi connectivity index (χ0) is 21.0. The first kappa shape index (κ1) is 21.1. The van der Waals surface area contributed by atoms with Crippen LogP contribution in [0.5, 0.6) is 0 Å². The van der Waals surface area contributed by atoms with E-state index >= 15 is 0 Å². The number of piperidine rings is 1. The van der Waals surface area contributed by atoms with Crippen molar-refractivity contribution in [3.63, 3.8) is 0 Å². The highest BCUT2D eigenvalue weighted by atomic mass is 32.2. The van der Waals surface area contributed by atoms with Gasteiger partial charge >= 0.3 is 0 Å². The van der Waals surface area contributed by atoms with Gasteiger partial charge in [0, 0.05) is 32.1 Å². The van der Waals surface area contributed by atoms with Crippen LogP contribution in [0.3, 0.4) is 0 Å². The molecule has 30 heavy (non-hydrogen) atoms. The molecule has 160 valence electrons. The number of hydrogen-bond donors (Lipinski definition) is 0. The molecule has 1 aliphatic heterocycles. The number of rotatable bonds is 8. The van der Waals surface area contributed by atoms with Crippen LogP contribution in [0.25, 0.3) is 0 Å². The lowest BCUT2D eigenvalue weighted by Gasteiger charge is -2.26. The van der Waals surface area contributed by atoms with E-state index in [1.54, 1.807) is 16.4 Å². The fourth-order valence-corrected chi connectivity index (χ4v) is 5.58. The Balaban J connectivity index is 1.35. The number of sulfonamides is 1. The maximum Gasteiger partial charge on any atom is 0.243 e. The average Bonchev–Trinajstić information content (AvgIpc) is 3.63. The van der Waals surface area contributed by atoms with Crippen molar-refractivity contribution in [3.05, 3.63) is 65.7 Å². The molecule has 1 heterocycles. The fourth-order valence-electron chi connectivity index (χ4n) is 4.06. The first-order valence-electron chi connectivity index (χ1n) is 11.0. The predicted molar refractivity (Wildman–Crippen MR) is 117 cm³/mol. The highest BCUT2D eigenvalue weighted by Crippen LogP contribution is 2.29. The molecule has 2 aromatic rings. The van der Waals surface area contributed by atoms with Crippen LogP contribution in [-0.4, -0.2) is 42.7 Å². The van der Waals surface area contributed by atoms with Gasteiger partial charge in [0.25, 0.3) is 0 Å². The molecular weight excluding hydrogens is 396 g/mol. The third kappa shape index (κ3) is 5.10. The van der Waals surface area contributed by atoms with E-state index in [0.29, 0.717) is 43.4 Å². The average molecular weight is 427 g/mol. The van der Waals surface area contributed by atoms with Gasteiger partial charge < -0.3 is 4.90 Å². The summed E-state index contributed by atoms with van der Waals surface area (Å²) in [5, 5.41) is 0. The number of hydrogen-bond acceptors (Lipinski definition) is 3. The zero-order valence-corrected chi connectivity index (χ0v) is 18.2. The van der Waals surface area contributed by atoms with Crippen LogP contribution in [-0.2, 0) is 27.8 Å². The molecule has 0 bridgehead atoms. The molecule has 2 fully saturated rings. The van der Waals surface area contributed by atoms with Crippen molar-refractivity contribution in [1.82, 2.24) is 9.21 Å². The molecule has 0 radical (unpaired) electrons. The molecule has 0 atom stereocenters. The maximum atomic E-state index is 12.9. The smallest absolute Gasteiger partial charge is 0.243 e. The van der Waals surface area contributed by atoms with Gasteiger partial charge in [0.05, 0.1) is 4.90 Å². The third-order valence-electron chi connectivity index (χ3n) is 6.01. The summed E-state index contributed by atoms with van der Waals surface area (Å²) >= 11 is 0. The van der Waals surface area contributed by atoms with Gasteiger partial charge in [-0.05, 0) is 55.4 Å². The minimum absolute atomic E-state index is 0.173. The molecule has 4 rings (SSSR count). The minimum Gasteiger partial charge on any atom is -0.335 e. The van der Waals surface area contributed by atoms with Gasteiger partial charge in [-0.15, -0.1) is 0 Å². The molecule has 1 aliphatic carbocycles. The Kier molecular flexibility index (Phi) is 6.54. The van der Waals surface area contributed by atoms with Gasteiger partial charge in [-0.3, -0.25) is 4.79 Å². The second kappa shape index (κ2) is 9.31. The van der Waals surface area contributed by atoms with Crippen molar-refractivity contribution in [2.24, 2.45) is 0 Å². The number of aryl methyl sites for hydroxylation is 1. The summed E-state index contributed by atoms with van der Waals surface area (Å²) in [4.78, 5) is 15.2. The molecule has 6 heteroatoms. The van der Waals surface area contributed by atoms with E-state index in [1.807, 2.05) is 35.2 Å². The van der Waals surface area contributed by atoms with E-state index in [2.05, 4.69) is 12.1 Å². The van der Waals surface area contributed by atoms with E-state index in [9.17, 15) is 13.2 Å².